The second kappa shape index (κ2) is 5.29. The van der Waals surface area contributed by atoms with Gasteiger partial charge in [-0.3, -0.25) is 0 Å². The molecule has 2 unspecified atom stereocenters. The molecule has 1 aliphatic rings. The normalized spacial score (nSPS) is 25.7. The Morgan fingerprint density at radius 2 is 2.07 bits per heavy atom. The molecule has 1 heterocycles. The molecule has 1 saturated heterocycles. The van der Waals surface area contributed by atoms with Gasteiger partial charge < -0.3 is 9.84 Å². The minimum Gasteiger partial charge on any atom is -0.396 e. The third-order valence-corrected chi connectivity index (χ3v) is 3.14. The van der Waals surface area contributed by atoms with Crippen LogP contribution in [0, 0.1) is 5.92 Å². The Morgan fingerprint density at radius 3 is 2.80 bits per heavy atom. The fourth-order valence-electron chi connectivity index (χ4n) is 2.17. The van der Waals surface area contributed by atoms with E-state index >= 15 is 0 Å². The maximum atomic E-state index is 9.15. The number of rotatable bonds is 4. The number of hydrogen-bond acceptors (Lipinski definition) is 2. The minimum atomic E-state index is 0.259. The van der Waals surface area contributed by atoms with Crippen molar-refractivity contribution in [3.63, 3.8) is 0 Å². The Hall–Kier alpha value is -0.860. The third kappa shape index (κ3) is 2.80. The van der Waals surface area contributed by atoms with E-state index in [1.807, 2.05) is 6.07 Å². The van der Waals surface area contributed by atoms with E-state index in [4.69, 9.17) is 9.84 Å². The van der Waals surface area contributed by atoms with Crippen LogP contribution >= 0.6 is 0 Å². The van der Waals surface area contributed by atoms with Gasteiger partial charge in [0.2, 0.25) is 0 Å². The van der Waals surface area contributed by atoms with Gasteiger partial charge in [-0.25, -0.2) is 0 Å². The van der Waals surface area contributed by atoms with Crippen molar-refractivity contribution in [3.8, 4) is 0 Å². The van der Waals surface area contributed by atoms with Crippen LogP contribution in [0.15, 0.2) is 30.3 Å². The topological polar surface area (TPSA) is 29.5 Å². The van der Waals surface area contributed by atoms with E-state index in [0.29, 0.717) is 5.92 Å². The Kier molecular flexibility index (Phi) is 3.75. The van der Waals surface area contributed by atoms with E-state index in [9.17, 15) is 0 Å². The molecule has 2 atom stereocenters. The van der Waals surface area contributed by atoms with Crippen LogP contribution in [0.4, 0.5) is 0 Å². The van der Waals surface area contributed by atoms with Gasteiger partial charge in [0.05, 0.1) is 6.10 Å². The summed E-state index contributed by atoms with van der Waals surface area (Å²) in [7, 11) is 0. The molecule has 2 heteroatoms. The average Bonchev–Trinajstić information content (AvgIpc) is 2.75. The van der Waals surface area contributed by atoms with Gasteiger partial charge in [-0.15, -0.1) is 0 Å². The van der Waals surface area contributed by atoms with Gasteiger partial charge in [-0.1, -0.05) is 30.3 Å². The first-order valence-electron chi connectivity index (χ1n) is 5.66. The minimum absolute atomic E-state index is 0.259. The lowest BCUT2D eigenvalue weighted by molar-refractivity contribution is 0.0661. The van der Waals surface area contributed by atoms with Crippen LogP contribution in [-0.4, -0.2) is 24.4 Å². The van der Waals surface area contributed by atoms with Crippen molar-refractivity contribution < 1.29 is 9.84 Å². The van der Waals surface area contributed by atoms with Crippen LogP contribution in [0.3, 0.4) is 0 Å². The monoisotopic (exact) mass is 206 g/mol. The second-order valence-corrected chi connectivity index (χ2v) is 4.16. The fourth-order valence-corrected chi connectivity index (χ4v) is 2.17. The number of benzene rings is 1. The summed E-state index contributed by atoms with van der Waals surface area (Å²) in [6.45, 7) is 1.07. The van der Waals surface area contributed by atoms with E-state index in [-0.39, 0.29) is 12.7 Å². The van der Waals surface area contributed by atoms with Crippen molar-refractivity contribution in [1.82, 2.24) is 0 Å². The molecule has 1 N–H and O–H groups in total. The Balaban J connectivity index is 1.83. The standard InChI is InChI=1S/C13H18O2/c14-10-12-8-9-15-13(12)7-6-11-4-2-1-3-5-11/h1-5,12-14H,6-10H2. The maximum absolute atomic E-state index is 9.15. The number of ether oxygens (including phenoxy) is 1. The first-order valence-corrected chi connectivity index (χ1v) is 5.66. The lowest BCUT2D eigenvalue weighted by Crippen LogP contribution is -2.19. The van der Waals surface area contributed by atoms with E-state index in [1.165, 1.54) is 5.56 Å². The molecule has 0 saturated carbocycles. The van der Waals surface area contributed by atoms with Gasteiger partial charge in [0.25, 0.3) is 0 Å². The van der Waals surface area contributed by atoms with Gasteiger partial charge >= 0.3 is 0 Å². The molecule has 82 valence electrons. The highest BCUT2D eigenvalue weighted by molar-refractivity contribution is 5.14. The quantitative estimate of drug-likeness (QED) is 0.816. The predicted molar refractivity (Wildman–Crippen MR) is 59.7 cm³/mol. The summed E-state index contributed by atoms with van der Waals surface area (Å²) in [5, 5.41) is 9.15. The van der Waals surface area contributed by atoms with Crippen LogP contribution < -0.4 is 0 Å². The van der Waals surface area contributed by atoms with Crippen LogP contribution in [0.2, 0.25) is 0 Å². The molecule has 0 radical (unpaired) electrons. The summed E-state index contributed by atoms with van der Waals surface area (Å²) in [4.78, 5) is 0. The molecule has 1 aromatic carbocycles. The molecule has 1 aromatic rings. The highest BCUT2D eigenvalue weighted by Gasteiger charge is 2.26. The largest absolute Gasteiger partial charge is 0.396 e. The van der Waals surface area contributed by atoms with Crippen LogP contribution in [-0.2, 0) is 11.2 Å². The number of aliphatic hydroxyl groups is 1. The van der Waals surface area contributed by atoms with E-state index in [2.05, 4.69) is 24.3 Å². The van der Waals surface area contributed by atoms with Crippen LogP contribution in [0.5, 0.6) is 0 Å². The molecule has 1 fully saturated rings. The second-order valence-electron chi connectivity index (χ2n) is 4.16. The highest BCUT2D eigenvalue weighted by Crippen LogP contribution is 2.24. The lowest BCUT2D eigenvalue weighted by Gasteiger charge is -2.15. The van der Waals surface area contributed by atoms with Crippen molar-refractivity contribution >= 4 is 0 Å². The first-order chi connectivity index (χ1) is 7.40. The molecule has 0 amide bonds. The number of aliphatic hydroxyl groups excluding tert-OH is 1. The molecular formula is C13H18O2. The molecular weight excluding hydrogens is 188 g/mol. The summed E-state index contributed by atoms with van der Waals surface area (Å²) in [5.74, 6) is 0.355. The molecule has 2 nitrogen and oxygen atoms in total. The number of aryl methyl sites for hydroxylation is 1. The third-order valence-electron chi connectivity index (χ3n) is 3.14. The summed E-state index contributed by atoms with van der Waals surface area (Å²) in [6.07, 6.45) is 3.34. The van der Waals surface area contributed by atoms with Crippen molar-refractivity contribution in [1.29, 1.82) is 0 Å². The average molecular weight is 206 g/mol. The molecule has 0 bridgehead atoms. The van der Waals surface area contributed by atoms with Gasteiger partial charge in [-0.2, -0.15) is 0 Å². The highest BCUT2D eigenvalue weighted by atomic mass is 16.5. The van der Waals surface area contributed by atoms with E-state index < -0.39 is 0 Å². The molecule has 1 aliphatic heterocycles. The Bertz CT molecular complexity index is 284. The zero-order valence-corrected chi connectivity index (χ0v) is 8.93. The Labute approximate surface area is 90.9 Å². The molecule has 0 aromatic heterocycles. The summed E-state index contributed by atoms with van der Waals surface area (Å²) in [5.41, 5.74) is 1.35. The zero-order chi connectivity index (χ0) is 10.5. The van der Waals surface area contributed by atoms with Crippen LogP contribution in [0.1, 0.15) is 18.4 Å². The molecule has 2 rings (SSSR count). The molecule has 0 spiro atoms. The van der Waals surface area contributed by atoms with E-state index in [0.717, 1.165) is 25.9 Å². The fraction of sp³-hybridized carbons (Fsp3) is 0.538. The van der Waals surface area contributed by atoms with Crippen molar-refractivity contribution in [2.75, 3.05) is 13.2 Å². The summed E-state index contributed by atoms with van der Waals surface area (Å²) < 4.78 is 5.62. The van der Waals surface area contributed by atoms with Crippen molar-refractivity contribution in [2.45, 2.75) is 25.4 Å². The maximum Gasteiger partial charge on any atom is 0.0629 e. The summed E-state index contributed by atoms with van der Waals surface area (Å²) >= 11 is 0. The van der Waals surface area contributed by atoms with Crippen LogP contribution in [0.25, 0.3) is 0 Å². The lowest BCUT2D eigenvalue weighted by atomic mass is 9.97. The van der Waals surface area contributed by atoms with Gasteiger partial charge in [0, 0.05) is 19.1 Å². The SMILES string of the molecule is OCC1CCOC1CCc1ccccc1. The number of hydrogen-bond donors (Lipinski definition) is 1. The smallest absolute Gasteiger partial charge is 0.0629 e. The Morgan fingerprint density at radius 1 is 1.27 bits per heavy atom. The van der Waals surface area contributed by atoms with Gasteiger partial charge in [0.1, 0.15) is 0 Å². The van der Waals surface area contributed by atoms with Gasteiger partial charge in [0.15, 0.2) is 0 Å². The first kappa shape index (κ1) is 10.7. The predicted octanol–water partition coefficient (Wildman–Crippen LogP) is 2.02. The van der Waals surface area contributed by atoms with E-state index in [1.54, 1.807) is 0 Å². The summed E-state index contributed by atoms with van der Waals surface area (Å²) in [6, 6.07) is 10.4. The zero-order valence-electron chi connectivity index (χ0n) is 8.93. The molecule has 0 aliphatic carbocycles. The van der Waals surface area contributed by atoms with Gasteiger partial charge in [-0.05, 0) is 24.8 Å². The van der Waals surface area contributed by atoms with Crippen molar-refractivity contribution in [2.24, 2.45) is 5.92 Å². The molecule has 15 heavy (non-hydrogen) atoms. The van der Waals surface area contributed by atoms with Crippen molar-refractivity contribution in [3.05, 3.63) is 35.9 Å².